The highest BCUT2D eigenvalue weighted by atomic mass is 32.2. The number of nitrogens with one attached hydrogen (secondary N) is 1. The number of benzene rings is 2. The molecule has 2 aromatic carbocycles. The number of thioether (sulfide) groups is 1. The van der Waals surface area contributed by atoms with Crippen molar-refractivity contribution in [2.75, 3.05) is 24.1 Å². The van der Waals surface area contributed by atoms with Gasteiger partial charge >= 0.3 is 0 Å². The Morgan fingerprint density at radius 2 is 1.96 bits per heavy atom. The van der Waals surface area contributed by atoms with Crippen molar-refractivity contribution in [3.8, 4) is 5.75 Å². The molecule has 1 saturated heterocycles. The van der Waals surface area contributed by atoms with Crippen molar-refractivity contribution in [1.82, 2.24) is 4.90 Å². The zero-order valence-corrected chi connectivity index (χ0v) is 14.1. The van der Waals surface area contributed by atoms with E-state index in [0.717, 1.165) is 0 Å². The third kappa shape index (κ3) is 3.54. The average molecular weight is 342 g/mol. The number of rotatable bonds is 4. The van der Waals surface area contributed by atoms with Crippen LogP contribution >= 0.6 is 11.8 Å². The predicted molar refractivity (Wildman–Crippen MR) is 95.3 cm³/mol. The molecule has 1 heterocycles. The molecule has 0 bridgehead atoms. The van der Waals surface area contributed by atoms with Gasteiger partial charge in [0.25, 0.3) is 5.91 Å². The fraction of sp³-hybridized carbons (Fsp3) is 0.222. The molecule has 124 valence electrons. The normalized spacial score (nSPS) is 16.7. The van der Waals surface area contributed by atoms with Gasteiger partial charge in [0.2, 0.25) is 5.91 Å². The number of methoxy groups -OCH3 is 1. The lowest BCUT2D eigenvalue weighted by molar-refractivity contribution is -0.119. The largest absolute Gasteiger partial charge is 0.497 e. The summed E-state index contributed by atoms with van der Waals surface area (Å²) < 4.78 is 5.16. The summed E-state index contributed by atoms with van der Waals surface area (Å²) in [4.78, 5) is 26.8. The fourth-order valence-corrected chi connectivity index (χ4v) is 3.69. The SMILES string of the molecule is COc1cccc(NC(=O)[C@@H]2CSCN2C(=O)c2ccccc2)c1. The molecule has 3 rings (SSSR count). The van der Waals surface area contributed by atoms with Crippen LogP contribution in [0.25, 0.3) is 0 Å². The maximum Gasteiger partial charge on any atom is 0.255 e. The topological polar surface area (TPSA) is 58.6 Å². The molecule has 24 heavy (non-hydrogen) atoms. The minimum Gasteiger partial charge on any atom is -0.497 e. The van der Waals surface area contributed by atoms with Gasteiger partial charge in [-0.3, -0.25) is 9.59 Å². The average Bonchev–Trinajstić information content (AvgIpc) is 3.12. The van der Waals surface area contributed by atoms with E-state index in [2.05, 4.69) is 5.32 Å². The van der Waals surface area contributed by atoms with E-state index in [1.165, 1.54) is 0 Å². The van der Waals surface area contributed by atoms with Crippen molar-refractivity contribution in [1.29, 1.82) is 0 Å². The van der Waals surface area contributed by atoms with Gasteiger partial charge in [-0.2, -0.15) is 0 Å². The van der Waals surface area contributed by atoms with E-state index in [9.17, 15) is 9.59 Å². The standard InChI is InChI=1S/C18H18N2O3S/c1-23-15-9-5-8-14(10-15)19-17(21)16-11-24-12-20(16)18(22)13-6-3-2-4-7-13/h2-10,16H,11-12H2,1H3,(H,19,21)/t16-/m0/s1. The molecule has 2 aromatic rings. The van der Waals surface area contributed by atoms with Gasteiger partial charge < -0.3 is 15.0 Å². The molecule has 6 heteroatoms. The molecule has 1 atom stereocenters. The van der Waals surface area contributed by atoms with Gasteiger partial charge in [-0.25, -0.2) is 0 Å². The van der Waals surface area contributed by atoms with Crippen LogP contribution in [0.15, 0.2) is 54.6 Å². The number of amides is 2. The molecular formula is C18H18N2O3S. The lowest BCUT2D eigenvalue weighted by Gasteiger charge is -2.23. The van der Waals surface area contributed by atoms with Crippen molar-refractivity contribution in [2.45, 2.75) is 6.04 Å². The summed E-state index contributed by atoms with van der Waals surface area (Å²) in [7, 11) is 1.58. The molecule has 1 N–H and O–H groups in total. The Balaban J connectivity index is 1.72. The molecule has 2 amide bonds. The van der Waals surface area contributed by atoms with E-state index in [0.29, 0.717) is 28.6 Å². The second kappa shape index (κ2) is 7.40. The summed E-state index contributed by atoms with van der Waals surface area (Å²) in [5.41, 5.74) is 1.25. The molecule has 0 radical (unpaired) electrons. The van der Waals surface area contributed by atoms with Gasteiger partial charge in [0.1, 0.15) is 11.8 Å². The lowest BCUT2D eigenvalue weighted by Crippen LogP contribution is -2.44. The summed E-state index contributed by atoms with van der Waals surface area (Å²) in [6.45, 7) is 0. The van der Waals surface area contributed by atoms with Crippen molar-refractivity contribution in [2.24, 2.45) is 0 Å². The van der Waals surface area contributed by atoms with Gasteiger partial charge in [0, 0.05) is 23.1 Å². The first-order valence-electron chi connectivity index (χ1n) is 7.57. The van der Waals surface area contributed by atoms with Crippen LogP contribution in [0.2, 0.25) is 0 Å². The second-order valence-corrected chi connectivity index (χ2v) is 6.38. The van der Waals surface area contributed by atoms with Gasteiger partial charge in [0.05, 0.1) is 13.0 Å². The Bertz CT molecular complexity index is 736. The number of nitrogens with zero attached hydrogens (tertiary/aromatic N) is 1. The van der Waals surface area contributed by atoms with Crippen LogP contribution in [0.3, 0.4) is 0 Å². The Morgan fingerprint density at radius 1 is 1.17 bits per heavy atom. The van der Waals surface area contributed by atoms with Gasteiger partial charge in [0.15, 0.2) is 0 Å². The van der Waals surface area contributed by atoms with E-state index < -0.39 is 6.04 Å². The minimum absolute atomic E-state index is 0.119. The van der Waals surface area contributed by atoms with Crippen molar-refractivity contribution in [3.05, 3.63) is 60.2 Å². The zero-order chi connectivity index (χ0) is 16.9. The van der Waals surface area contributed by atoms with Crippen LogP contribution in [0.5, 0.6) is 5.75 Å². The number of carbonyl (C=O) groups is 2. The maximum atomic E-state index is 12.6. The Labute approximate surface area is 145 Å². The van der Waals surface area contributed by atoms with Crippen LogP contribution in [-0.2, 0) is 4.79 Å². The molecule has 0 aromatic heterocycles. The highest BCUT2D eigenvalue weighted by molar-refractivity contribution is 7.99. The van der Waals surface area contributed by atoms with Crippen LogP contribution in [0.4, 0.5) is 5.69 Å². The summed E-state index contributed by atoms with van der Waals surface area (Å²) >= 11 is 1.58. The van der Waals surface area contributed by atoms with Crippen LogP contribution in [0, 0.1) is 0 Å². The van der Waals surface area contributed by atoms with Gasteiger partial charge in [-0.15, -0.1) is 11.8 Å². The van der Waals surface area contributed by atoms with Crippen LogP contribution in [-0.4, -0.2) is 41.5 Å². The molecule has 1 aliphatic rings. The summed E-state index contributed by atoms with van der Waals surface area (Å²) in [6.07, 6.45) is 0. The third-order valence-electron chi connectivity index (χ3n) is 3.80. The smallest absolute Gasteiger partial charge is 0.255 e. The molecule has 5 nitrogen and oxygen atoms in total. The second-order valence-electron chi connectivity index (χ2n) is 5.38. The molecule has 0 spiro atoms. The molecule has 1 aliphatic heterocycles. The van der Waals surface area contributed by atoms with Crippen LogP contribution in [0.1, 0.15) is 10.4 Å². The number of carbonyl (C=O) groups excluding carboxylic acids is 2. The quantitative estimate of drug-likeness (QED) is 0.928. The van der Waals surface area contributed by atoms with Crippen LogP contribution < -0.4 is 10.1 Å². The Hall–Kier alpha value is -2.47. The first-order chi connectivity index (χ1) is 11.7. The number of ether oxygens (including phenoxy) is 1. The summed E-state index contributed by atoms with van der Waals surface area (Å²) in [5, 5.41) is 2.87. The van der Waals surface area contributed by atoms with Crippen molar-refractivity contribution < 1.29 is 14.3 Å². The fourth-order valence-electron chi connectivity index (χ4n) is 2.53. The molecule has 0 saturated carbocycles. The number of hydrogen-bond acceptors (Lipinski definition) is 4. The van der Waals surface area contributed by atoms with Crippen molar-refractivity contribution >= 4 is 29.3 Å². The summed E-state index contributed by atoms with van der Waals surface area (Å²) in [6, 6.07) is 15.7. The number of hydrogen-bond donors (Lipinski definition) is 1. The van der Waals surface area contributed by atoms with Crippen molar-refractivity contribution in [3.63, 3.8) is 0 Å². The molecular weight excluding hydrogens is 324 g/mol. The molecule has 0 aliphatic carbocycles. The van der Waals surface area contributed by atoms with E-state index in [1.54, 1.807) is 48.0 Å². The first-order valence-corrected chi connectivity index (χ1v) is 8.73. The van der Waals surface area contributed by atoms with E-state index >= 15 is 0 Å². The predicted octanol–water partition coefficient (Wildman–Crippen LogP) is 2.85. The highest BCUT2D eigenvalue weighted by Crippen LogP contribution is 2.25. The lowest BCUT2D eigenvalue weighted by atomic mass is 10.1. The molecule has 0 unspecified atom stereocenters. The zero-order valence-electron chi connectivity index (χ0n) is 13.3. The Kier molecular flexibility index (Phi) is 5.05. The third-order valence-corrected chi connectivity index (χ3v) is 4.82. The minimum atomic E-state index is -0.478. The maximum absolute atomic E-state index is 12.6. The summed E-state index contributed by atoms with van der Waals surface area (Å²) in [5.74, 6) is 1.48. The highest BCUT2D eigenvalue weighted by Gasteiger charge is 2.35. The van der Waals surface area contributed by atoms with Gasteiger partial charge in [-0.05, 0) is 24.3 Å². The monoisotopic (exact) mass is 342 g/mol. The first kappa shape index (κ1) is 16.4. The van der Waals surface area contributed by atoms with Gasteiger partial charge in [-0.1, -0.05) is 24.3 Å². The van der Waals surface area contributed by atoms with E-state index in [4.69, 9.17) is 4.74 Å². The Morgan fingerprint density at radius 3 is 2.71 bits per heavy atom. The van der Waals surface area contributed by atoms with E-state index in [-0.39, 0.29) is 11.8 Å². The van der Waals surface area contributed by atoms with E-state index in [1.807, 2.05) is 30.3 Å². The molecule has 1 fully saturated rings. The number of anilines is 1.